The molecule has 5 nitrogen and oxygen atoms in total. The van der Waals surface area contributed by atoms with Gasteiger partial charge in [0.15, 0.2) is 11.1 Å². The Balaban J connectivity index is 3.18. The van der Waals surface area contributed by atoms with Gasteiger partial charge in [0.1, 0.15) is 11.5 Å². The van der Waals surface area contributed by atoms with Crippen molar-refractivity contribution >= 4 is 21.4 Å². The third kappa shape index (κ3) is 2.82. The van der Waals surface area contributed by atoms with E-state index in [4.69, 9.17) is 11.0 Å². The number of hydrogen-bond acceptors (Lipinski definition) is 4. The molecule has 0 heterocycles. The highest BCUT2D eigenvalue weighted by atomic mass is 32.2. The van der Waals surface area contributed by atoms with E-state index in [-0.39, 0.29) is 0 Å². The number of halogens is 2. The number of hydrogen-bond donors (Lipinski definition) is 2. The number of nitrogens with two attached hydrogens (primary N) is 1. The van der Waals surface area contributed by atoms with E-state index >= 15 is 0 Å². The molecule has 0 aliphatic rings. The normalized spacial score (nSPS) is 12.8. The van der Waals surface area contributed by atoms with Crippen molar-refractivity contribution in [2.75, 3.05) is 10.5 Å². The first kappa shape index (κ1) is 13.2. The first-order chi connectivity index (χ1) is 7.77. The largest absolute Gasteiger partial charge is 0.397 e. The molecule has 92 valence electrons. The zero-order valence-corrected chi connectivity index (χ0v) is 9.55. The quantitative estimate of drug-likeness (QED) is 0.799. The lowest BCUT2D eigenvalue weighted by Crippen LogP contribution is -2.25. The van der Waals surface area contributed by atoms with Crippen LogP contribution in [0.1, 0.15) is 6.92 Å². The van der Waals surface area contributed by atoms with Gasteiger partial charge in [0, 0.05) is 6.07 Å². The molecule has 0 aliphatic heterocycles. The van der Waals surface area contributed by atoms with Crippen LogP contribution in [0.2, 0.25) is 0 Å². The van der Waals surface area contributed by atoms with Crippen molar-refractivity contribution in [2.24, 2.45) is 0 Å². The highest BCUT2D eigenvalue weighted by Crippen LogP contribution is 2.25. The van der Waals surface area contributed by atoms with Gasteiger partial charge in [-0.1, -0.05) is 0 Å². The molecule has 1 atom stereocenters. The Morgan fingerprint density at radius 2 is 2.06 bits per heavy atom. The van der Waals surface area contributed by atoms with Gasteiger partial charge in [-0.3, -0.25) is 4.72 Å². The predicted octanol–water partition coefficient (Wildman–Crippen LogP) is 1.20. The summed E-state index contributed by atoms with van der Waals surface area (Å²) in [7, 11) is -4.07. The Kier molecular flexibility index (Phi) is 3.53. The lowest BCUT2D eigenvalue weighted by atomic mass is 10.2. The third-order valence-corrected chi connectivity index (χ3v) is 3.50. The average Bonchev–Trinajstić information content (AvgIpc) is 2.22. The molecule has 0 saturated carbocycles. The van der Waals surface area contributed by atoms with E-state index in [0.29, 0.717) is 6.07 Å². The Labute approximate surface area is 96.9 Å². The molecule has 1 aromatic carbocycles. The summed E-state index contributed by atoms with van der Waals surface area (Å²) in [6, 6.07) is 2.76. The van der Waals surface area contributed by atoms with Gasteiger partial charge < -0.3 is 5.73 Å². The SMILES string of the molecule is CC(C#N)S(=O)(=O)Nc1c(N)cc(F)cc1F. The van der Waals surface area contributed by atoms with Crippen molar-refractivity contribution in [2.45, 2.75) is 12.2 Å². The number of nitrogens with one attached hydrogen (secondary N) is 1. The second kappa shape index (κ2) is 4.55. The first-order valence-corrected chi connectivity index (χ1v) is 5.98. The minimum atomic E-state index is -4.07. The molecule has 1 aromatic rings. The van der Waals surface area contributed by atoms with Crippen molar-refractivity contribution in [1.29, 1.82) is 5.26 Å². The van der Waals surface area contributed by atoms with Gasteiger partial charge in [-0.25, -0.2) is 17.2 Å². The summed E-state index contributed by atoms with van der Waals surface area (Å²) in [4.78, 5) is 0. The second-order valence-corrected chi connectivity index (χ2v) is 5.27. The molecule has 3 N–H and O–H groups in total. The smallest absolute Gasteiger partial charge is 0.249 e. The molecule has 0 bridgehead atoms. The fourth-order valence-electron chi connectivity index (χ4n) is 1.00. The zero-order valence-electron chi connectivity index (χ0n) is 8.74. The molecule has 1 rings (SSSR count). The second-order valence-electron chi connectivity index (χ2n) is 3.27. The van der Waals surface area contributed by atoms with E-state index in [1.54, 1.807) is 0 Å². The third-order valence-electron chi connectivity index (χ3n) is 1.98. The Morgan fingerprint density at radius 3 is 2.53 bits per heavy atom. The molecule has 0 amide bonds. The molecule has 0 radical (unpaired) electrons. The monoisotopic (exact) mass is 261 g/mol. The highest BCUT2D eigenvalue weighted by molar-refractivity contribution is 7.93. The summed E-state index contributed by atoms with van der Waals surface area (Å²) in [5.74, 6) is -2.06. The molecule has 1 unspecified atom stereocenters. The molecule has 0 saturated heterocycles. The standard InChI is InChI=1S/C9H9F2N3O2S/c1-5(4-12)17(15,16)14-9-7(11)2-6(10)3-8(9)13/h2-3,5,14H,13H2,1H3. The molecular weight excluding hydrogens is 252 g/mol. The van der Waals surface area contributed by atoms with Gasteiger partial charge in [-0.05, 0) is 13.0 Å². The van der Waals surface area contributed by atoms with E-state index in [2.05, 4.69) is 0 Å². The maximum absolute atomic E-state index is 13.3. The van der Waals surface area contributed by atoms with Crippen molar-refractivity contribution in [3.63, 3.8) is 0 Å². The molecule has 0 aromatic heterocycles. The van der Waals surface area contributed by atoms with Crippen LogP contribution in [0.5, 0.6) is 0 Å². The van der Waals surface area contributed by atoms with Crippen LogP contribution < -0.4 is 10.5 Å². The van der Waals surface area contributed by atoms with Crippen molar-refractivity contribution in [3.8, 4) is 6.07 Å². The lowest BCUT2D eigenvalue weighted by molar-refractivity contribution is 0.583. The highest BCUT2D eigenvalue weighted by Gasteiger charge is 2.23. The van der Waals surface area contributed by atoms with E-state index in [9.17, 15) is 17.2 Å². The average molecular weight is 261 g/mol. The van der Waals surface area contributed by atoms with Crippen LogP contribution in [-0.2, 0) is 10.0 Å². The summed E-state index contributed by atoms with van der Waals surface area (Å²) in [6.07, 6.45) is 0. The van der Waals surface area contributed by atoms with Crippen molar-refractivity contribution in [1.82, 2.24) is 0 Å². The Morgan fingerprint density at radius 1 is 1.47 bits per heavy atom. The van der Waals surface area contributed by atoms with E-state index in [1.165, 1.54) is 6.07 Å². The number of nitriles is 1. The Hall–Kier alpha value is -1.88. The van der Waals surface area contributed by atoms with Crippen LogP contribution in [-0.4, -0.2) is 13.7 Å². The number of nitrogens with zero attached hydrogens (tertiary/aromatic N) is 1. The number of nitrogen functional groups attached to an aromatic ring is 1. The van der Waals surface area contributed by atoms with E-state index < -0.39 is 38.3 Å². The molecular formula is C9H9F2N3O2S. The summed E-state index contributed by atoms with van der Waals surface area (Å²) in [5.41, 5.74) is 4.33. The van der Waals surface area contributed by atoms with Crippen LogP contribution in [0.3, 0.4) is 0 Å². The van der Waals surface area contributed by atoms with Crippen molar-refractivity contribution in [3.05, 3.63) is 23.8 Å². The molecule has 17 heavy (non-hydrogen) atoms. The van der Waals surface area contributed by atoms with Gasteiger partial charge in [0.25, 0.3) is 0 Å². The number of sulfonamides is 1. The first-order valence-electron chi connectivity index (χ1n) is 4.43. The van der Waals surface area contributed by atoms with Crippen LogP contribution in [0.15, 0.2) is 12.1 Å². The van der Waals surface area contributed by atoms with Gasteiger partial charge in [0.05, 0.1) is 11.8 Å². The minimum absolute atomic E-state index is 0.392. The summed E-state index contributed by atoms with van der Waals surface area (Å²) in [5, 5.41) is 7.09. The number of anilines is 2. The molecule has 0 fully saturated rings. The minimum Gasteiger partial charge on any atom is -0.397 e. The van der Waals surface area contributed by atoms with Crippen LogP contribution in [0.25, 0.3) is 0 Å². The molecule has 0 spiro atoms. The predicted molar refractivity (Wildman–Crippen MR) is 58.4 cm³/mol. The number of benzene rings is 1. The maximum atomic E-state index is 13.3. The van der Waals surface area contributed by atoms with Crippen LogP contribution in [0.4, 0.5) is 20.2 Å². The van der Waals surface area contributed by atoms with Crippen LogP contribution >= 0.6 is 0 Å². The fraction of sp³-hybridized carbons (Fsp3) is 0.222. The van der Waals surface area contributed by atoms with Gasteiger partial charge in [0.2, 0.25) is 10.0 Å². The lowest BCUT2D eigenvalue weighted by Gasteiger charge is -2.12. The van der Waals surface area contributed by atoms with Gasteiger partial charge in [-0.2, -0.15) is 5.26 Å². The summed E-state index contributed by atoms with van der Waals surface area (Å²) >= 11 is 0. The molecule has 8 heteroatoms. The van der Waals surface area contributed by atoms with E-state index in [1.807, 2.05) is 4.72 Å². The number of rotatable bonds is 3. The van der Waals surface area contributed by atoms with Gasteiger partial charge >= 0.3 is 0 Å². The molecule has 0 aliphatic carbocycles. The maximum Gasteiger partial charge on any atom is 0.249 e. The summed E-state index contributed by atoms with van der Waals surface area (Å²) in [6.45, 7) is 1.12. The van der Waals surface area contributed by atoms with Gasteiger partial charge in [-0.15, -0.1) is 0 Å². The van der Waals surface area contributed by atoms with E-state index in [0.717, 1.165) is 13.0 Å². The fourth-order valence-corrected chi connectivity index (χ4v) is 1.82. The Bertz CT molecular complexity index is 557. The zero-order chi connectivity index (χ0) is 13.2. The topological polar surface area (TPSA) is 96.0 Å². The van der Waals surface area contributed by atoms with Crippen LogP contribution in [0, 0.1) is 23.0 Å². The van der Waals surface area contributed by atoms with Crippen molar-refractivity contribution < 1.29 is 17.2 Å². The summed E-state index contributed by atoms with van der Waals surface area (Å²) < 4.78 is 50.8.